The molecule has 0 saturated heterocycles. The van der Waals surface area contributed by atoms with E-state index in [0.717, 1.165) is 16.7 Å². The third-order valence-corrected chi connectivity index (χ3v) is 5.18. The number of methoxy groups -OCH3 is 1. The van der Waals surface area contributed by atoms with Crippen molar-refractivity contribution in [3.63, 3.8) is 0 Å². The molecule has 0 bridgehead atoms. The first-order valence-corrected chi connectivity index (χ1v) is 10.3. The zero-order valence-electron chi connectivity index (χ0n) is 18.1. The van der Waals surface area contributed by atoms with Crippen molar-refractivity contribution in [3.05, 3.63) is 95.6 Å². The molecule has 0 fully saturated rings. The highest BCUT2D eigenvalue weighted by Gasteiger charge is 2.27. The number of aryl methyl sites for hydroxylation is 1. The van der Waals surface area contributed by atoms with Gasteiger partial charge in [-0.05, 0) is 41.7 Å². The summed E-state index contributed by atoms with van der Waals surface area (Å²) in [6, 6.07) is 25.4. The van der Waals surface area contributed by atoms with Crippen molar-refractivity contribution in [1.82, 2.24) is 5.32 Å². The van der Waals surface area contributed by atoms with E-state index in [0.29, 0.717) is 17.4 Å². The molecular weight excluding hydrogens is 372 g/mol. The summed E-state index contributed by atoms with van der Waals surface area (Å²) in [5.74, 6) is 0.829. The van der Waals surface area contributed by atoms with E-state index < -0.39 is 6.04 Å². The van der Waals surface area contributed by atoms with Crippen LogP contribution < -0.4 is 15.4 Å². The number of carbonyl (C=O) groups excluding carboxylic acids is 1. The minimum atomic E-state index is -0.510. The molecule has 1 amide bonds. The second kappa shape index (κ2) is 10.1. The molecule has 4 nitrogen and oxygen atoms in total. The molecule has 30 heavy (non-hydrogen) atoms. The molecule has 0 aliphatic heterocycles. The van der Waals surface area contributed by atoms with Gasteiger partial charge in [0.15, 0.2) is 0 Å². The minimum absolute atomic E-state index is 0.0292. The first kappa shape index (κ1) is 21.6. The number of carbonyl (C=O) groups is 1. The normalized spacial score (nSPS) is 13.0. The summed E-state index contributed by atoms with van der Waals surface area (Å²) in [5, 5.41) is 6.68. The summed E-state index contributed by atoms with van der Waals surface area (Å²) in [4.78, 5) is 13.5. The van der Waals surface area contributed by atoms with Gasteiger partial charge in [-0.25, -0.2) is 0 Å². The molecule has 4 heteroatoms. The minimum Gasteiger partial charge on any atom is -0.495 e. The van der Waals surface area contributed by atoms with Crippen LogP contribution in [0.15, 0.2) is 78.9 Å². The number of anilines is 1. The zero-order chi connectivity index (χ0) is 21.5. The zero-order valence-corrected chi connectivity index (χ0v) is 18.1. The Morgan fingerprint density at radius 2 is 1.47 bits per heavy atom. The van der Waals surface area contributed by atoms with Gasteiger partial charge in [0.05, 0.1) is 12.8 Å². The predicted octanol–water partition coefficient (Wildman–Crippen LogP) is 5.67. The third kappa shape index (κ3) is 5.28. The Kier molecular flexibility index (Phi) is 7.26. The number of rotatable bonds is 8. The van der Waals surface area contributed by atoms with Crippen molar-refractivity contribution in [1.29, 1.82) is 0 Å². The smallest absolute Gasteiger partial charge is 0.246 e. The first-order chi connectivity index (χ1) is 14.5. The molecule has 2 N–H and O–H groups in total. The Morgan fingerprint density at radius 3 is 2.03 bits per heavy atom. The highest BCUT2D eigenvalue weighted by molar-refractivity contribution is 5.96. The van der Waals surface area contributed by atoms with Crippen LogP contribution in [-0.4, -0.2) is 13.0 Å². The molecular formula is C26H30N2O2. The molecule has 156 valence electrons. The van der Waals surface area contributed by atoms with E-state index in [1.54, 1.807) is 7.11 Å². The van der Waals surface area contributed by atoms with Crippen LogP contribution in [0.2, 0.25) is 0 Å². The summed E-state index contributed by atoms with van der Waals surface area (Å²) >= 11 is 0. The molecule has 3 aromatic rings. The molecule has 0 saturated carbocycles. The van der Waals surface area contributed by atoms with Gasteiger partial charge < -0.3 is 10.1 Å². The monoisotopic (exact) mass is 402 g/mol. The molecule has 0 aromatic heterocycles. The van der Waals surface area contributed by atoms with Gasteiger partial charge in [-0.1, -0.05) is 80.6 Å². The standard InChI is InChI=1S/C26H30N2O2/c1-18(2)24(20-11-7-5-8-12-20)28-25(21-13-9-6-10-14-21)26(29)27-22-17-19(3)15-16-23(22)30-4/h5-18,24-25,28H,1-4H3,(H,27,29)/t24-,25-/m0/s1. The fraction of sp³-hybridized carbons (Fsp3) is 0.269. The van der Waals surface area contributed by atoms with Crippen LogP contribution >= 0.6 is 0 Å². The van der Waals surface area contributed by atoms with Crippen LogP contribution in [0.3, 0.4) is 0 Å². The third-order valence-electron chi connectivity index (χ3n) is 5.18. The second-order valence-corrected chi connectivity index (χ2v) is 7.84. The summed E-state index contributed by atoms with van der Waals surface area (Å²) in [7, 11) is 1.61. The molecule has 0 aliphatic rings. The summed E-state index contributed by atoms with van der Waals surface area (Å²) < 4.78 is 5.44. The molecule has 0 unspecified atom stereocenters. The van der Waals surface area contributed by atoms with Gasteiger partial charge in [0.25, 0.3) is 0 Å². The molecule has 0 aliphatic carbocycles. The van der Waals surface area contributed by atoms with Crippen LogP contribution in [0.4, 0.5) is 5.69 Å². The number of hydrogen-bond acceptors (Lipinski definition) is 3. The Morgan fingerprint density at radius 1 is 0.867 bits per heavy atom. The molecule has 3 rings (SSSR count). The highest BCUT2D eigenvalue weighted by Crippen LogP contribution is 2.29. The molecule has 2 atom stereocenters. The number of nitrogens with one attached hydrogen (secondary N) is 2. The average Bonchev–Trinajstić information content (AvgIpc) is 2.75. The van der Waals surface area contributed by atoms with Crippen molar-refractivity contribution in [2.75, 3.05) is 12.4 Å². The first-order valence-electron chi connectivity index (χ1n) is 10.3. The Hall–Kier alpha value is -3.11. The van der Waals surface area contributed by atoms with E-state index in [1.807, 2.05) is 73.7 Å². The Labute approximate surface area is 179 Å². The van der Waals surface area contributed by atoms with E-state index >= 15 is 0 Å². The topological polar surface area (TPSA) is 50.4 Å². The fourth-order valence-corrected chi connectivity index (χ4v) is 3.61. The number of hydrogen-bond donors (Lipinski definition) is 2. The quantitative estimate of drug-likeness (QED) is 0.510. The van der Waals surface area contributed by atoms with E-state index in [1.165, 1.54) is 0 Å². The largest absolute Gasteiger partial charge is 0.495 e. The predicted molar refractivity (Wildman–Crippen MR) is 123 cm³/mol. The van der Waals surface area contributed by atoms with E-state index in [-0.39, 0.29) is 11.9 Å². The SMILES string of the molecule is COc1ccc(C)cc1NC(=O)[C@@H](N[C@H](c1ccccc1)C(C)C)c1ccccc1. The maximum absolute atomic E-state index is 13.5. The summed E-state index contributed by atoms with van der Waals surface area (Å²) in [5.41, 5.74) is 3.81. The van der Waals surface area contributed by atoms with Gasteiger partial charge in [0.1, 0.15) is 11.8 Å². The van der Waals surface area contributed by atoms with Crippen molar-refractivity contribution in [2.45, 2.75) is 32.9 Å². The lowest BCUT2D eigenvalue weighted by atomic mass is 9.93. The van der Waals surface area contributed by atoms with Crippen LogP contribution in [0.25, 0.3) is 0 Å². The van der Waals surface area contributed by atoms with Crippen LogP contribution in [-0.2, 0) is 4.79 Å². The van der Waals surface area contributed by atoms with E-state index in [2.05, 4.69) is 36.6 Å². The maximum atomic E-state index is 13.5. The highest BCUT2D eigenvalue weighted by atomic mass is 16.5. The van der Waals surface area contributed by atoms with Gasteiger partial charge in [0, 0.05) is 6.04 Å². The van der Waals surface area contributed by atoms with E-state index in [4.69, 9.17) is 4.74 Å². The van der Waals surface area contributed by atoms with Gasteiger partial charge in [-0.15, -0.1) is 0 Å². The lowest BCUT2D eigenvalue weighted by molar-refractivity contribution is -0.118. The molecule has 0 spiro atoms. The fourth-order valence-electron chi connectivity index (χ4n) is 3.61. The number of benzene rings is 3. The number of ether oxygens (including phenoxy) is 1. The lowest BCUT2D eigenvalue weighted by Crippen LogP contribution is -2.37. The average molecular weight is 403 g/mol. The second-order valence-electron chi connectivity index (χ2n) is 7.84. The van der Waals surface area contributed by atoms with Gasteiger partial charge >= 0.3 is 0 Å². The van der Waals surface area contributed by atoms with Gasteiger partial charge in [-0.2, -0.15) is 0 Å². The van der Waals surface area contributed by atoms with Crippen LogP contribution in [0.5, 0.6) is 5.75 Å². The maximum Gasteiger partial charge on any atom is 0.246 e. The van der Waals surface area contributed by atoms with Crippen molar-refractivity contribution < 1.29 is 9.53 Å². The van der Waals surface area contributed by atoms with Crippen molar-refractivity contribution in [2.24, 2.45) is 5.92 Å². The van der Waals surface area contributed by atoms with Crippen molar-refractivity contribution >= 4 is 11.6 Å². The number of amides is 1. The van der Waals surface area contributed by atoms with Crippen LogP contribution in [0, 0.1) is 12.8 Å². The molecule has 3 aromatic carbocycles. The molecule has 0 radical (unpaired) electrons. The van der Waals surface area contributed by atoms with Crippen molar-refractivity contribution in [3.8, 4) is 5.75 Å². The molecule has 0 heterocycles. The Balaban J connectivity index is 1.93. The van der Waals surface area contributed by atoms with Crippen LogP contribution in [0.1, 0.15) is 42.6 Å². The van der Waals surface area contributed by atoms with Gasteiger partial charge in [-0.3, -0.25) is 10.1 Å². The summed E-state index contributed by atoms with van der Waals surface area (Å²) in [6.07, 6.45) is 0. The van der Waals surface area contributed by atoms with Gasteiger partial charge in [0.2, 0.25) is 5.91 Å². The lowest BCUT2D eigenvalue weighted by Gasteiger charge is -2.29. The van der Waals surface area contributed by atoms with E-state index in [9.17, 15) is 4.79 Å². The Bertz CT molecular complexity index is 955. The summed E-state index contributed by atoms with van der Waals surface area (Å²) in [6.45, 7) is 6.31.